The van der Waals surface area contributed by atoms with E-state index in [1.165, 1.54) is 11.3 Å². The van der Waals surface area contributed by atoms with Gasteiger partial charge in [-0.1, -0.05) is 23.2 Å². The van der Waals surface area contributed by atoms with E-state index in [1.54, 1.807) is 42.6 Å². The number of amides is 1. The predicted octanol–water partition coefficient (Wildman–Crippen LogP) is 3.56. The number of nitrogens with two attached hydrogens (primary N) is 1. The van der Waals surface area contributed by atoms with Crippen LogP contribution in [-0.4, -0.2) is 27.6 Å². The summed E-state index contributed by atoms with van der Waals surface area (Å²) >= 11 is 13.2. The summed E-state index contributed by atoms with van der Waals surface area (Å²) in [6, 6.07) is 9.45. The number of nitrogens with zero attached hydrogens (tertiary/aromatic N) is 2. The van der Waals surface area contributed by atoms with E-state index in [2.05, 4.69) is 15.3 Å². The van der Waals surface area contributed by atoms with Crippen LogP contribution >= 0.6 is 34.5 Å². The van der Waals surface area contributed by atoms with E-state index in [9.17, 15) is 9.90 Å². The fourth-order valence-corrected chi connectivity index (χ4v) is 3.77. The molecule has 0 saturated carbocycles. The van der Waals surface area contributed by atoms with Crippen LogP contribution in [0.25, 0.3) is 10.6 Å². The van der Waals surface area contributed by atoms with Crippen LogP contribution in [0.3, 0.4) is 0 Å². The monoisotopic (exact) mass is 408 g/mol. The zero-order valence-corrected chi connectivity index (χ0v) is 15.6. The lowest BCUT2D eigenvalue weighted by molar-refractivity contribution is 0.0920. The van der Waals surface area contributed by atoms with Gasteiger partial charge in [0.25, 0.3) is 5.91 Å². The van der Waals surface area contributed by atoms with Gasteiger partial charge in [0.05, 0.1) is 28.1 Å². The Kier molecular flexibility index (Phi) is 5.73. The van der Waals surface area contributed by atoms with Crippen molar-refractivity contribution in [3.8, 4) is 10.6 Å². The largest absolute Gasteiger partial charge is 0.394 e. The Hall–Kier alpha value is -2.19. The molecule has 0 saturated heterocycles. The highest BCUT2D eigenvalue weighted by Gasteiger charge is 2.18. The molecule has 9 heteroatoms. The summed E-state index contributed by atoms with van der Waals surface area (Å²) in [6.45, 7) is -0.289. The summed E-state index contributed by atoms with van der Waals surface area (Å²) in [5, 5.41) is 13.3. The predicted molar refractivity (Wildman–Crippen MR) is 104 cm³/mol. The van der Waals surface area contributed by atoms with E-state index in [0.29, 0.717) is 26.2 Å². The standard InChI is InChI=1S/C17H14Cl2N4O2S/c18-10-5-9(6-11(19)7-10)13(8-24)22-16(25)15-2-1-14(26-15)12-3-4-21-17(20)23-12/h1-7,13,24H,8H2,(H,22,25)(H2,20,21,23). The average molecular weight is 409 g/mol. The van der Waals surface area contributed by atoms with Gasteiger partial charge in [-0.15, -0.1) is 11.3 Å². The number of halogens is 2. The second-order valence-corrected chi connectivity index (χ2v) is 7.33. The number of nitrogens with one attached hydrogen (secondary N) is 1. The molecular formula is C17H14Cl2N4O2S. The second kappa shape index (κ2) is 8.01. The molecule has 1 unspecified atom stereocenters. The van der Waals surface area contributed by atoms with E-state index in [-0.39, 0.29) is 18.5 Å². The Balaban J connectivity index is 1.79. The Labute approximate surface area is 163 Å². The Morgan fingerprint density at radius 1 is 1.23 bits per heavy atom. The van der Waals surface area contributed by atoms with Gasteiger partial charge < -0.3 is 16.2 Å². The number of aliphatic hydroxyl groups is 1. The molecule has 0 radical (unpaired) electrons. The topological polar surface area (TPSA) is 101 Å². The van der Waals surface area contributed by atoms with Crippen molar-refractivity contribution in [2.75, 3.05) is 12.3 Å². The molecule has 1 amide bonds. The number of carbonyl (C=O) groups excluding carboxylic acids is 1. The molecule has 3 rings (SSSR count). The summed E-state index contributed by atoms with van der Waals surface area (Å²) in [7, 11) is 0. The van der Waals surface area contributed by atoms with Crippen LogP contribution in [0.15, 0.2) is 42.6 Å². The molecule has 4 N–H and O–H groups in total. The molecule has 0 aliphatic carbocycles. The van der Waals surface area contributed by atoms with Gasteiger partial charge in [0.1, 0.15) is 0 Å². The number of aromatic nitrogens is 2. The van der Waals surface area contributed by atoms with Crippen molar-refractivity contribution >= 4 is 46.4 Å². The molecule has 0 spiro atoms. The quantitative estimate of drug-likeness (QED) is 0.598. The molecule has 1 aromatic carbocycles. The zero-order chi connectivity index (χ0) is 18.7. The Bertz CT molecular complexity index is 928. The van der Waals surface area contributed by atoms with Gasteiger partial charge in [-0.05, 0) is 42.0 Å². The molecule has 0 fully saturated rings. The number of nitrogen functional groups attached to an aromatic ring is 1. The van der Waals surface area contributed by atoms with Gasteiger partial charge in [0.2, 0.25) is 5.95 Å². The summed E-state index contributed by atoms with van der Waals surface area (Å²) in [6.07, 6.45) is 1.56. The molecule has 2 heterocycles. The van der Waals surface area contributed by atoms with Crippen molar-refractivity contribution in [2.45, 2.75) is 6.04 Å². The number of thiophene rings is 1. The van der Waals surface area contributed by atoms with Crippen molar-refractivity contribution in [1.82, 2.24) is 15.3 Å². The van der Waals surface area contributed by atoms with Crippen molar-refractivity contribution in [3.05, 3.63) is 63.1 Å². The molecule has 2 aromatic heterocycles. The molecule has 26 heavy (non-hydrogen) atoms. The van der Waals surface area contributed by atoms with Gasteiger partial charge in [-0.25, -0.2) is 9.97 Å². The highest BCUT2D eigenvalue weighted by Crippen LogP contribution is 2.28. The van der Waals surface area contributed by atoms with Crippen LogP contribution in [0.2, 0.25) is 10.0 Å². The van der Waals surface area contributed by atoms with Gasteiger partial charge in [0, 0.05) is 16.2 Å². The van der Waals surface area contributed by atoms with Gasteiger partial charge >= 0.3 is 0 Å². The molecule has 0 aliphatic heterocycles. The third kappa shape index (κ3) is 4.31. The second-order valence-electron chi connectivity index (χ2n) is 5.38. The molecule has 3 aromatic rings. The van der Waals surface area contributed by atoms with Crippen molar-refractivity contribution in [1.29, 1.82) is 0 Å². The van der Waals surface area contributed by atoms with Crippen LogP contribution in [-0.2, 0) is 0 Å². The van der Waals surface area contributed by atoms with Crippen LogP contribution in [0.5, 0.6) is 0 Å². The Morgan fingerprint density at radius 3 is 2.62 bits per heavy atom. The van der Waals surface area contributed by atoms with Gasteiger partial charge in [-0.2, -0.15) is 0 Å². The summed E-state index contributed by atoms with van der Waals surface area (Å²) in [5.74, 6) is -0.154. The van der Waals surface area contributed by atoms with Crippen molar-refractivity contribution < 1.29 is 9.90 Å². The molecule has 0 bridgehead atoms. The van der Waals surface area contributed by atoms with Crippen molar-refractivity contribution in [3.63, 3.8) is 0 Å². The van der Waals surface area contributed by atoms with E-state index in [1.807, 2.05) is 0 Å². The number of rotatable bonds is 5. The zero-order valence-electron chi connectivity index (χ0n) is 13.3. The SMILES string of the molecule is Nc1nccc(-c2ccc(C(=O)NC(CO)c3cc(Cl)cc(Cl)c3)s2)n1. The van der Waals surface area contributed by atoms with Crippen LogP contribution < -0.4 is 11.1 Å². The molecule has 1 atom stereocenters. The third-order valence-electron chi connectivity index (χ3n) is 3.53. The van der Waals surface area contributed by atoms with E-state index in [0.717, 1.165) is 4.88 Å². The molecule has 0 aliphatic rings. The van der Waals surface area contributed by atoms with Gasteiger partial charge in [0.15, 0.2) is 0 Å². The van der Waals surface area contributed by atoms with Crippen LogP contribution in [0.4, 0.5) is 5.95 Å². The fraction of sp³-hybridized carbons (Fsp3) is 0.118. The minimum atomic E-state index is -0.626. The number of carbonyl (C=O) groups is 1. The maximum Gasteiger partial charge on any atom is 0.261 e. The lowest BCUT2D eigenvalue weighted by Gasteiger charge is -2.17. The summed E-state index contributed by atoms with van der Waals surface area (Å²) in [4.78, 5) is 21.8. The minimum Gasteiger partial charge on any atom is -0.394 e. The van der Waals surface area contributed by atoms with E-state index >= 15 is 0 Å². The van der Waals surface area contributed by atoms with Crippen LogP contribution in [0, 0.1) is 0 Å². The van der Waals surface area contributed by atoms with Crippen LogP contribution in [0.1, 0.15) is 21.3 Å². The number of aliphatic hydroxyl groups excluding tert-OH is 1. The fourth-order valence-electron chi connectivity index (χ4n) is 2.35. The lowest BCUT2D eigenvalue weighted by atomic mass is 10.1. The van der Waals surface area contributed by atoms with Gasteiger partial charge in [-0.3, -0.25) is 4.79 Å². The van der Waals surface area contributed by atoms with E-state index < -0.39 is 6.04 Å². The molecule has 6 nitrogen and oxygen atoms in total. The highest BCUT2D eigenvalue weighted by atomic mass is 35.5. The number of hydrogen-bond donors (Lipinski definition) is 3. The minimum absolute atomic E-state index is 0.167. The maximum atomic E-state index is 12.5. The summed E-state index contributed by atoms with van der Waals surface area (Å²) in [5.41, 5.74) is 6.85. The first-order chi connectivity index (χ1) is 12.5. The first kappa shape index (κ1) is 18.6. The first-order valence-electron chi connectivity index (χ1n) is 7.52. The molecular weight excluding hydrogens is 395 g/mol. The smallest absolute Gasteiger partial charge is 0.261 e. The van der Waals surface area contributed by atoms with Crippen molar-refractivity contribution in [2.24, 2.45) is 0 Å². The summed E-state index contributed by atoms with van der Waals surface area (Å²) < 4.78 is 0. The third-order valence-corrected chi connectivity index (χ3v) is 5.07. The lowest BCUT2D eigenvalue weighted by Crippen LogP contribution is -2.30. The molecule has 134 valence electrons. The average Bonchev–Trinajstić information content (AvgIpc) is 3.09. The number of hydrogen-bond acceptors (Lipinski definition) is 6. The normalized spacial score (nSPS) is 12.0. The highest BCUT2D eigenvalue weighted by molar-refractivity contribution is 7.17. The first-order valence-corrected chi connectivity index (χ1v) is 9.10. The number of anilines is 1. The maximum absolute atomic E-state index is 12.5. The number of benzene rings is 1. The van der Waals surface area contributed by atoms with E-state index in [4.69, 9.17) is 28.9 Å². The Morgan fingerprint density at radius 2 is 1.96 bits per heavy atom.